The third kappa shape index (κ3) is 5.13. The van der Waals surface area contributed by atoms with E-state index in [0.29, 0.717) is 23.1 Å². The molecule has 2 fully saturated rings. The van der Waals surface area contributed by atoms with E-state index >= 15 is 0 Å². The number of amides is 1. The second kappa shape index (κ2) is 8.80. The van der Waals surface area contributed by atoms with Gasteiger partial charge in [-0.3, -0.25) is 9.89 Å². The van der Waals surface area contributed by atoms with E-state index < -0.39 is 5.82 Å². The fourth-order valence-electron chi connectivity index (χ4n) is 3.71. The van der Waals surface area contributed by atoms with Gasteiger partial charge in [-0.05, 0) is 56.4 Å². The number of pyridine rings is 1. The summed E-state index contributed by atoms with van der Waals surface area (Å²) in [6.07, 6.45) is 4.04. The van der Waals surface area contributed by atoms with Crippen LogP contribution in [0.4, 0.5) is 26.2 Å². The molecule has 0 radical (unpaired) electrons. The van der Waals surface area contributed by atoms with Crippen molar-refractivity contribution >= 4 is 23.4 Å². The van der Waals surface area contributed by atoms with Crippen LogP contribution >= 0.6 is 0 Å². The van der Waals surface area contributed by atoms with Gasteiger partial charge in [0.25, 0.3) is 0 Å². The van der Waals surface area contributed by atoms with Crippen molar-refractivity contribution in [2.45, 2.75) is 51.1 Å². The molecule has 1 unspecified atom stereocenters. The molecule has 7 nitrogen and oxygen atoms in total. The normalized spacial score (nSPS) is 16.3. The van der Waals surface area contributed by atoms with E-state index in [9.17, 15) is 13.6 Å². The van der Waals surface area contributed by atoms with E-state index in [2.05, 4.69) is 31.1 Å². The summed E-state index contributed by atoms with van der Waals surface area (Å²) in [6, 6.07) is 9.18. The van der Waals surface area contributed by atoms with Gasteiger partial charge < -0.3 is 16.0 Å². The Morgan fingerprint density at radius 2 is 1.88 bits per heavy atom. The summed E-state index contributed by atoms with van der Waals surface area (Å²) in [5.41, 5.74) is 2.41. The highest BCUT2D eigenvalue weighted by Crippen LogP contribution is 2.39. The van der Waals surface area contributed by atoms with Gasteiger partial charge in [-0.1, -0.05) is 12.1 Å². The first-order valence-corrected chi connectivity index (χ1v) is 11.3. The number of hydrogen-bond donors (Lipinski definition) is 4. The lowest BCUT2D eigenvalue weighted by Crippen LogP contribution is -2.25. The maximum absolute atomic E-state index is 14.9. The predicted octanol–water partition coefficient (Wildman–Crippen LogP) is 4.90. The topological polar surface area (TPSA) is 94.7 Å². The van der Waals surface area contributed by atoms with E-state index in [-0.39, 0.29) is 36.0 Å². The van der Waals surface area contributed by atoms with Gasteiger partial charge in [0.2, 0.25) is 5.91 Å². The Hall–Kier alpha value is -3.49. The molecular weight excluding hydrogens is 426 g/mol. The average molecular weight is 453 g/mol. The van der Waals surface area contributed by atoms with Crippen molar-refractivity contribution in [2.75, 3.05) is 10.6 Å². The Labute approximate surface area is 190 Å². The van der Waals surface area contributed by atoms with Gasteiger partial charge in [0.1, 0.15) is 11.6 Å². The predicted molar refractivity (Wildman–Crippen MR) is 121 cm³/mol. The molecule has 4 N–H and O–H groups in total. The number of carbonyl (C=O) groups is 1. The smallest absolute Gasteiger partial charge is 0.223 e. The number of nitrogens with zero attached hydrogens (tertiary/aromatic N) is 2. The Bertz CT molecular complexity index is 1150. The van der Waals surface area contributed by atoms with Crippen LogP contribution in [-0.4, -0.2) is 21.1 Å². The van der Waals surface area contributed by atoms with Gasteiger partial charge >= 0.3 is 0 Å². The van der Waals surface area contributed by atoms with Crippen molar-refractivity contribution in [3.63, 3.8) is 0 Å². The van der Waals surface area contributed by atoms with Gasteiger partial charge in [0.15, 0.2) is 17.5 Å². The number of aromatic amines is 1. The molecule has 0 aliphatic heterocycles. The van der Waals surface area contributed by atoms with Crippen LogP contribution in [0.25, 0.3) is 0 Å². The van der Waals surface area contributed by atoms with Gasteiger partial charge in [0, 0.05) is 41.7 Å². The zero-order chi connectivity index (χ0) is 22.9. The highest BCUT2D eigenvalue weighted by molar-refractivity contribution is 5.81. The fourth-order valence-corrected chi connectivity index (χ4v) is 3.71. The maximum atomic E-state index is 14.9. The fraction of sp³-hybridized carbons (Fsp3) is 0.375. The molecule has 2 saturated carbocycles. The van der Waals surface area contributed by atoms with Crippen LogP contribution in [-0.2, 0) is 11.3 Å². The van der Waals surface area contributed by atoms with Crippen LogP contribution in [0.15, 0.2) is 36.4 Å². The molecule has 0 saturated heterocycles. The molecule has 33 heavy (non-hydrogen) atoms. The molecule has 2 aromatic heterocycles. The molecule has 1 aromatic carbocycles. The van der Waals surface area contributed by atoms with E-state index in [1.165, 1.54) is 18.2 Å². The molecule has 2 aliphatic carbocycles. The first-order valence-electron chi connectivity index (χ1n) is 11.3. The third-order valence-corrected chi connectivity index (χ3v) is 6.04. The number of benzene rings is 1. The van der Waals surface area contributed by atoms with Crippen LogP contribution in [0.5, 0.6) is 0 Å². The lowest BCUT2D eigenvalue weighted by Gasteiger charge is -2.19. The standard InChI is InChI=1S/C24H26F2N6O/c1-13(14-6-8-18(25)9-7-14)28-22-17(12-27-24(33)16-4-5-16)10-19(26)23(30-22)29-21-11-20(31-32-21)15-2-3-15/h6-11,13,15-16H,2-5,12H2,1H3,(H,27,33)(H3,28,29,30,31,32). The Kier molecular flexibility index (Phi) is 5.70. The number of hydrogen-bond acceptors (Lipinski definition) is 5. The van der Waals surface area contributed by atoms with Crippen molar-refractivity contribution in [3.8, 4) is 0 Å². The Balaban J connectivity index is 1.39. The van der Waals surface area contributed by atoms with Crippen molar-refractivity contribution < 1.29 is 13.6 Å². The SMILES string of the molecule is CC(Nc1nc(Nc2cc(C3CC3)[nH]n2)c(F)cc1CNC(=O)C1CC1)c1ccc(F)cc1. The van der Waals surface area contributed by atoms with Crippen LogP contribution < -0.4 is 16.0 Å². The monoisotopic (exact) mass is 452 g/mol. The molecule has 1 amide bonds. The molecule has 9 heteroatoms. The lowest BCUT2D eigenvalue weighted by molar-refractivity contribution is -0.122. The molecule has 2 heterocycles. The summed E-state index contributed by atoms with van der Waals surface area (Å²) < 4.78 is 28.3. The number of carbonyl (C=O) groups excluding carboxylic acids is 1. The van der Waals surface area contributed by atoms with E-state index in [0.717, 1.165) is 36.9 Å². The zero-order valence-electron chi connectivity index (χ0n) is 18.3. The zero-order valence-corrected chi connectivity index (χ0v) is 18.3. The number of halogens is 2. The summed E-state index contributed by atoms with van der Waals surface area (Å²) in [4.78, 5) is 16.6. The second-order valence-corrected chi connectivity index (χ2v) is 8.84. The Morgan fingerprint density at radius 3 is 2.58 bits per heavy atom. The van der Waals surface area contributed by atoms with E-state index in [4.69, 9.17) is 0 Å². The van der Waals surface area contributed by atoms with Crippen LogP contribution in [0.2, 0.25) is 0 Å². The molecule has 0 bridgehead atoms. The molecule has 2 aliphatic rings. The van der Waals surface area contributed by atoms with E-state index in [1.54, 1.807) is 12.1 Å². The number of nitrogens with one attached hydrogen (secondary N) is 4. The molecule has 5 rings (SSSR count). The number of aromatic nitrogens is 3. The van der Waals surface area contributed by atoms with Crippen LogP contribution in [0, 0.1) is 17.6 Å². The van der Waals surface area contributed by atoms with Gasteiger partial charge in [-0.2, -0.15) is 5.10 Å². The molecule has 172 valence electrons. The third-order valence-electron chi connectivity index (χ3n) is 6.04. The first-order chi connectivity index (χ1) is 16.0. The highest BCUT2D eigenvalue weighted by Gasteiger charge is 2.29. The quantitative estimate of drug-likeness (QED) is 0.370. The van der Waals surface area contributed by atoms with Crippen LogP contribution in [0.3, 0.4) is 0 Å². The minimum Gasteiger partial charge on any atom is -0.363 e. The summed E-state index contributed by atoms with van der Waals surface area (Å²) in [7, 11) is 0. The van der Waals surface area contributed by atoms with Gasteiger partial charge in [-0.15, -0.1) is 0 Å². The number of H-pyrrole nitrogens is 1. The molecule has 1 atom stereocenters. The van der Waals surface area contributed by atoms with Crippen LogP contribution in [0.1, 0.15) is 61.4 Å². The number of anilines is 3. The van der Waals surface area contributed by atoms with E-state index in [1.807, 2.05) is 13.0 Å². The average Bonchev–Trinajstić information content (AvgIpc) is 3.73. The summed E-state index contributed by atoms with van der Waals surface area (Å²) in [5.74, 6) is 0.636. The van der Waals surface area contributed by atoms with Crippen molar-refractivity contribution in [3.05, 3.63) is 64.9 Å². The number of rotatable bonds is 9. The highest BCUT2D eigenvalue weighted by atomic mass is 19.1. The van der Waals surface area contributed by atoms with Crippen molar-refractivity contribution in [1.29, 1.82) is 0 Å². The largest absolute Gasteiger partial charge is 0.363 e. The lowest BCUT2D eigenvalue weighted by atomic mass is 10.1. The second-order valence-electron chi connectivity index (χ2n) is 8.84. The van der Waals surface area contributed by atoms with Crippen molar-refractivity contribution in [2.24, 2.45) is 5.92 Å². The molecular formula is C24H26F2N6O. The summed E-state index contributed by atoms with van der Waals surface area (Å²) >= 11 is 0. The van der Waals surface area contributed by atoms with Crippen molar-refractivity contribution in [1.82, 2.24) is 20.5 Å². The minimum absolute atomic E-state index is 0.0285. The first kappa shape index (κ1) is 21.4. The summed E-state index contributed by atoms with van der Waals surface area (Å²) in [6.45, 7) is 2.07. The summed E-state index contributed by atoms with van der Waals surface area (Å²) in [5, 5.41) is 16.3. The Morgan fingerprint density at radius 1 is 1.12 bits per heavy atom. The van der Waals surface area contributed by atoms with Gasteiger partial charge in [-0.25, -0.2) is 13.8 Å². The minimum atomic E-state index is -0.540. The maximum Gasteiger partial charge on any atom is 0.223 e. The molecule has 3 aromatic rings. The molecule has 0 spiro atoms. The van der Waals surface area contributed by atoms with Gasteiger partial charge in [0.05, 0.1) is 0 Å².